The van der Waals surface area contributed by atoms with Crippen molar-refractivity contribution in [2.24, 2.45) is 0 Å². The van der Waals surface area contributed by atoms with E-state index in [9.17, 15) is 29.3 Å². The highest BCUT2D eigenvalue weighted by Crippen LogP contribution is 2.35. The van der Waals surface area contributed by atoms with Gasteiger partial charge in [0.05, 0.1) is 9.83 Å². The minimum absolute atomic E-state index is 0.146. The Morgan fingerprint density at radius 3 is 2.52 bits per heavy atom. The fourth-order valence-corrected chi connectivity index (χ4v) is 5.58. The molecule has 2 saturated heterocycles. The first-order valence-corrected chi connectivity index (χ1v) is 14.6. The van der Waals surface area contributed by atoms with Crippen molar-refractivity contribution in [3.8, 4) is 5.75 Å². The molecule has 0 unspecified atom stereocenters. The summed E-state index contributed by atoms with van der Waals surface area (Å²) in [6, 6.07) is 10.9. The van der Waals surface area contributed by atoms with Crippen LogP contribution >= 0.6 is 11.8 Å². The van der Waals surface area contributed by atoms with Crippen LogP contribution in [0.4, 0.5) is 21.9 Å². The quantitative estimate of drug-likeness (QED) is 0.226. The number of nitrogens with one attached hydrogen (secondary N) is 1. The standard InChI is InChI=1S/C29H33N5O7S/c1-3-31(4-2)22-12-11-20(24(17-22)41-19-26(35)30-21-9-8-10-23(16-21)34(39)40)15-25-28(37)33(29(38)42-25)18-27(36)32-13-6-5-7-14-32/h8-12,15-17H,3-7,13-14,18-19H2,1-2H3,(H,30,35)/b25-15-. The molecule has 2 heterocycles. The Labute approximate surface area is 247 Å². The summed E-state index contributed by atoms with van der Waals surface area (Å²) in [4.78, 5) is 66.6. The zero-order valence-corrected chi connectivity index (χ0v) is 24.4. The number of likely N-dealkylation sites (tertiary alicyclic amines) is 1. The van der Waals surface area contributed by atoms with Crippen LogP contribution in [0.15, 0.2) is 47.4 Å². The smallest absolute Gasteiger partial charge is 0.294 e. The van der Waals surface area contributed by atoms with Gasteiger partial charge in [-0.15, -0.1) is 0 Å². The lowest BCUT2D eigenvalue weighted by atomic mass is 10.1. The minimum Gasteiger partial charge on any atom is -0.483 e. The molecule has 0 atom stereocenters. The molecule has 2 fully saturated rings. The topological polar surface area (TPSA) is 142 Å². The van der Waals surface area contributed by atoms with E-state index in [-0.39, 0.29) is 28.7 Å². The lowest BCUT2D eigenvalue weighted by Gasteiger charge is -2.27. The normalized spacial score (nSPS) is 16.1. The van der Waals surface area contributed by atoms with E-state index in [4.69, 9.17) is 4.74 Å². The van der Waals surface area contributed by atoms with Gasteiger partial charge in [-0.25, -0.2) is 0 Å². The maximum Gasteiger partial charge on any atom is 0.294 e. The third kappa shape index (κ3) is 7.46. The molecule has 12 nitrogen and oxygen atoms in total. The second-order valence-electron chi connectivity index (χ2n) is 9.75. The molecule has 0 saturated carbocycles. The van der Waals surface area contributed by atoms with E-state index in [1.807, 2.05) is 19.9 Å². The lowest BCUT2D eigenvalue weighted by Crippen LogP contribution is -2.44. The van der Waals surface area contributed by atoms with Crippen molar-refractivity contribution in [1.82, 2.24) is 9.80 Å². The molecular weight excluding hydrogens is 562 g/mol. The molecule has 0 bridgehead atoms. The van der Waals surface area contributed by atoms with Crippen molar-refractivity contribution in [1.29, 1.82) is 0 Å². The van der Waals surface area contributed by atoms with Crippen LogP contribution in [0.3, 0.4) is 0 Å². The lowest BCUT2D eigenvalue weighted by molar-refractivity contribution is -0.384. The Morgan fingerprint density at radius 2 is 1.83 bits per heavy atom. The first-order chi connectivity index (χ1) is 20.2. The molecule has 2 aliphatic rings. The highest BCUT2D eigenvalue weighted by atomic mass is 32.2. The number of carbonyl (C=O) groups is 4. The minimum atomic E-state index is -0.558. The molecule has 2 aromatic carbocycles. The Hall–Kier alpha value is -4.39. The van der Waals surface area contributed by atoms with Gasteiger partial charge in [0.15, 0.2) is 6.61 Å². The van der Waals surface area contributed by atoms with Gasteiger partial charge in [-0.3, -0.25) is 34.2 Å². The van der Waals surface area contributed by atoms with Crippen molar-refractivity contribution in [2.75, 3.05) is 49.5 Å². The molecule has 0 spiro atoms. The maximum atomic E-state index is 13.1. The SMILES string of the molecule is CCN(CC)c1ccc(/C=C2\SC(=O)N(CC(=O)N3CCCCC3)C2=O)c(OCC(=O)Nc2cccc([N+](=O)[O-])c2)c1. The molecule has 1 N–H and O–H groups in total. The third-order valence-electron chi connectivity index (χ3n) is 6.99. The summed E-state index contributed by atoms with van der Waals surface area (Å²) in [5, 5.41) is 13.1. The van der Waals surface area contributed by atoms with E-state index in [2.05, 4.69) is 10.2 Å². The molecule has 13 heteroatoms. The molecule has 4 rings (SSSR count). The molecule has 0 aromatic heterocycles. The van der Waals surface area contributed by atoms with Crippen LogP contribution in [-0.2, 0) is 14.4 Å². The molecule has 2 aromatic rings. The molecule has 2 aliphatic heterocycles. The summed E-state index contributed by atoms with van der Waals surface area (Å²) in [5.41, 5.74) is 1.41. The van der Waals surface area contributed by atoms with E-state index in [1.54, 1.807) is 17.0 Å². The second-order valence-corrected chi connectivity index (χ2v) is 10.7. The Morgan fingerprint density at radius 1 is 1.10 bits per heavy atom. The molecule has 0 radical (unpaired) electrons. The predicted molar refractivity (Wildman–Crippen MR) is 160 cm³/mol. The van der Waals surface area contributed by atoms with Crippen molar-refractivity contribution in [3.05, 3.63) is 63.0 Å². The number of hydrogen-bond donors (Lipinski definition) is 1. The molecule has 0 aliphatic carbocycles. The highest BCUT2D eigenvalue weighted by molar-refractivity contribution is 8.18. The van der Waals surface area contributed by atoms with Crippen LogP contribution in [0.25, 0.3) is 6.08 Å². The number of benzene rings is 2. The zero-order chi connectivity index (χ0) is 30.2. The second kappa shape index (κ2) is 14.0. The number of ether oxygens (including phenoxy) is 1. The monoisotopic (exact) mass is 595 g/mol. The first kappa shape index (κ1) is 30.6. The Kier molecular flexibility index (Phi) is 10.2. The van der Waals surface area contributed by atoms with Gasteiger partial charge in [0.25, 0.3) is 22.7 Å². The van der Waals surface area contributed by atoms with Gasteiger partial charge in [-0.05, 0) is 69.1 Å². The van der Waals surface area contributed by atoms with Crippen LogP contribution in [-0.4, -0.2) is 77.0 Å². The number of anilines is 2. The Bertz CT molecular complexity index is 1400. The number of amides is 4. The van der Waals surface area contributed by atoms with Crippen molar-refractivity contribution in [2.45, 2.75) is 33.1 Å². The molecule has 4 amide bonds. The number of nitrogens with zero attached hydrogens (tertiary/aromatic N) is 4. The van der Waals surface area contributed by atoms with Crippen LogP contribution in [0.5, 0.6) is 5.75 Å². The van der Waals surface area contributed by atoms with Gasteiger partial charge in [0.1, 0.15) is 12.3 Å². The summed E-state index contributed by atoms with van der Waals surface area (Å²) in [6.07, 6.45) is 4.39. The van der Waals surface area contributed by atoms with Gasteiger partial charge in [-0.1, -0.05) is 6.07 Å². The predicted octanol–water partition coefficient (Wildman–Crippen LogP) is 4.51. The number of rotatable bonds is 11. The highest BCUT2D eigenvalue weighted by Gasteiger charge is 2.37. The van der Waals surface area contributed by atoms with E-state index in [1.165, 1.54) is 30.3 Å². The van der Waals surface area contributed by atoms with Crippen LogP contribution in [0.1, 0.15) is 38.7 Å². The summed E-state index contributed by atoms with van der Waals surface area (Å²) < 4.78 is 5.87. The largest absolute Gasteiger partial charge is 0.483 e. The van der Waals surface area contributed by atoms with E-state index in [0.717, 1.165) is 54.7 Å². The number of imide groups is 1. The van der Waals surface area contributed by atoms with Gasteiger partial charge < -0.3 is 19.9 Å². The van der Waals surface area contributed by atoms with Gasteiger partial charge in [0, 0.05) is 61.3 Å². The van der Waals surface area contributed by atoms with E-state index >= 15 is 0 Å². The van der Waals surface area contributed by atoms with Crippen LogP contribution in [0.2, 0.25) is 0 Å². The summed E-state index contributed by atoms with van der Waals surface area (Å²) >= 11 is 0.751. The number of thioether (sulfide) groups is 1. The Balaban J connectivity index is 1.52. The molecule has 222 valence electrons. The summed E-state index contributed by atoms with van der Waals surface area (Å²) in [7, 11) is 0. The average Bonchev–Trinajstić information content (AvgIpc) is 3.25. The van der Waals surface area contributed by atoms with E-state index in [0.29, 0.717) is 24.4 Å². The number of carbonyl (C=O) groups excluding carboxylic acids is 4. The molecular formula is C29H33N5O7S. The maximum absolute atomic E-state index is 13.1. The van der Waals surface area contributed by atoms with Gasteiger partial charge in [-0.2, -0.15) is 0 Å². The van der Waals surface area contributed by atoms with Gasteiger partial charge >= 0.3 is 0 Å². The number of non-ortho nitro benzene ring substituents is 1. The number of nitro groups is 1. The fourth-order valence-electron chi connectivity index (χ4n) is 4.75. The number of piperidine rings is 1. The zero-order valence-electron chi connectivity index (χ0n) is 23.5. The van der Waals surface area contributed by atoms with Crippen molar-refractivity contribution >= 4 is 57.9 Å². The number of nitro benzene ring substituents is 1. The summed E-state index contributed by atoms with van der Waals surface area (Å²) in [6.45, 7) is 6.01. The average molecular weight is 596 g/mol. The van der Waals surface area contributed by atoms with Gasteiger partial charge in [0.2, 0.25) is 5.91 Å². The van der Waals surface area contributed by atoms with Crippen molar-refractivity contribution < 1.29 is 28.8 Å². The van der Waals surface area contributed by atoms with Crippen molar-refractivity contribution in [3.63, 3.8) is 0 Å². The molecule has 42 heavy (non-hydrogen) atoms. The number of hydrogen-bond acceptors (Lipinski definition) is 9. The fraction of sp³-hybridized carbons (Fsp3) is 0.379. The third-order valence-corrected chi connectivity index (χ3v) is 7.89. The van der Waals surface area contributed by atoms with Crippen LogP contribution in [0, 0.1) is 10.1 Å². The summed E-state index contributed by atoms with van der Waals surface area (Å²) in [5.74, 6) is -1.03. The van der Waals surface area contributed by atoms with Crippen LogP contribution < -0.4 is 15.0 Å². The van der Waals surface area contributed by atoms with E-state index < -0.39 is 28.6 Å². The first-order valence-electron chi connectivity index (χ1n) is 13.8.